The highest BCUT2D eigenvalue weighted by atomic mass is 16.5. The molecule has 0 unspecified atom stereocenters. The van der Waals surface area contributed by atoms with Crippen molar-refractivity contribution in [3.63, 3.8) is 0 Å². The van der Waals surface area contributed by atoms with E-state index in [1.807, 2.05) is 24.3 Å². The number of methoxy groups -OCH3 is 2. The van der Waals surface area contributed by atoms with Gasteiger partial charge >= 0.3 is 11.9 Å². The van der Waals surface area contributed by atoms with Crippen LogP contribution in [0, 0.1) is 0 Å². The van der Waals surface area contributed by atoms with Crippen molar-refractivity contribution in [2.75, 3.05) is 32.2 Å². The van der Waals surface area contributed by atoms with Crippen LogP contribution in [0.15, 0.2) is 60.0 Å². The van der Waals surface area contributed by atoms with E-state index >= 15 is 0 Å². The predicted molar refractivity (Wildman–Crippen MR) is 105 cm³/mol. The predicted octanol–water partition coefficient (Wildman–Crippen LogP) is 3.02. The molecular weight excluding hydrogens is 344 g/mol. The van der Waals surface area contributed by atoms with Crippen LogP contribution in [0.1, 0.15) is 19.4 Å². The molecule has 0 aromatic heterocycles. The summed E-state index contributed by atoms with van der Waals surface area (Å²) in [6.07, 6.45) is 6.70. The smallest absolute Gasteiger partial charge is 0.355 e. The number of rotatable bonds is 7. The van der Waals surface area contributed by atoms with Crippen LogP contribution in [0.25, 0.3) is 0 Å². The lowest BCUT2D eigenvalue weighted by molar-refractivity contribution is -0.139. The number of hydrogen-bond donors (Lipinski definition) is 0. The average molecular weight is 370 g/mol. The van der Waals surface area contributed by atoms with Crippen molar-refractivity contribution in [3.05, 3.63) is 65.5 Å². The van der Waals surface area contributed by atoms with Crippen LogP contribution in [-0.2, 0) is 25.6 Å². The van der Waals surface area contributed by atoms with Crippen LogP contribution >= 0.6 is 0 Å². The lowest BCUT2D eigenvalue weighted by Gasteiger charge is -2.24. The van der Waals surface area contributed by atoms with E-state index in [2.05, 4.69) is 18.7 Å². The van der Waals surface area contributed by atoms with Gasteiger partial charge in [0.1, 0.15) is 5.70 Å². The molecule has 0 amide bonds. The largest absolute Gasteiger partial charge is 0.465 e. The number of esters is 2. The fourth-order valence-electron chi connectivity index (χ4n) is 2.83. The van der Waals surface area contributed by atoms with Crippen LogP contribution in [0.5, 0.6) is 0 Å². The van der Waals surface area contributed by atoms with Crippen molar-refractivity contribution in [2.24, 2.45) is 0 Å². The maximum Gasteiger partial charge on any atom is 0.355 e. The molecule has 2 rings (SSSR count). The number of nitrogens with zero attached hydrogens (tertiary/aromatic N) is 2. The molecule has 0 fully saturated rings. The van der Waals surface area contributed by atoms with Gasteiger partial charge in [0, 0.05) is 18.4 Å². The van der Waals surface area contributed by atoms with Crippen LogP contribution in [0.3, 0.4) is 0 Å². The van der Waals surface area contributed by atoms with Gasteiger partial charge in [-0.25, -0.2) is 9.59 Å². The number of hydrogen-bond acceptors (Lipinski definition) is 6. The SMILES string of the molecule is CCN(CC)Cc1ccc(N2C=CC=CC(C(=O)OC)=C2C(=O)OC)cc1. The monoisotopic (exact) mass is 370 g/mol. The molecule has 0 spiro atoms. The zero-order valence-corrected chi connectivity index (χ0v) is 16.3. The van der Waals surface area contributed by atoms with Crippen molar-refractivity contribution < 1.29 is 19.1 Å². The van der Waals surface area contributed by atoms with Gasteiger partial charge in [-0.2, -0.15) is 0 Å². The fraction of sp³-hybridized carbons (Fsp3) is 0.333. The molecule has 6 nitrogen and oxygen atoms in total. The normalized spacial score (nSPS) is 13.7. The van der Waals surface area contributed by atoms with Crippen molar-refractivity contribution >= 4 is 17.6 Å². The number of ether oxygens (including phenoxy) is 2. The number of carbonyl (C=O) groups excluding carboxylic acids is 2. The summed E-state index contributed by atoms with van der Waals surface area (Å²) in [6, 6.07) is 7.89. The standard InChI is InChI=1S/C21H26N2O4/c1-5-22(6-2)15-16-10-12-17(13-11-16)23-14-8-7-9-18(20(24)26-3)19(23)21(25)27-4/h7-14H,5-6,15H2,1-4H3. The van der Waals surface area contributed by atoms with E-state index in [1.165, 1.54) is 19.8 Å². The van der Waals surface area contributed by atoms with Crippen molar-refractivity contribution in [1.82, 2.24) is 4.90 Å². The zero-order chi connectivity index (χ0) is 19.8. The Morgan fingerprint density at radius 3 is 2.15 bits per heavy atom. The third-order valence-electron chi connectivity index (χ3n) is 4.40. The Morgan fingerprint density at radius 2 is 1.59 bits per heavy atom. The van der Waals surface area contributed by atoms with Gasteiger partial charge in [0.15, 0.2) is 0 Å². The minimum Gasteiger partial charge on any atom is -0.465 e. The lowest BCUT2D eigenvalue weighted by Crippen LogP contribution is -2.27. The minimum absolute atomic E-state index is 0.117. The molecule has 0 radical (unpaired) electrons. The molecule has 1 aromatic carbocycles. The molecule has 0 saturated heterocycles. The number of benzene rings is 1. The molecule has 27 heavy (non-hydrogen) atoms. The van der Waals surface area contributed by atoms with Gasteiger partial charge in [0.2, 0.25) is 0 Å². The summed E-state index contributed by atoms with van der Waals surface area (Å²) in [4.78, 5) is 28.5. The summed E-state index contributed by atoms with van der Waals surface area (Å²) < 4.78 is 9.73. The molecule has 1 aliphatic heterocycles. The maximum absolute atomic E-state index is 12.4. The van der Waals surface area contributed by atoms with Crippen molar-refractivity contribution in [1.29, 1.82) is 0 Å². The maximum atomic E-state index is 12.4. The molecule has 144 valence electrons. The Balaban J connectivity index is 2.42. The number of anilines is 1. The summed E-state index contributed by atoms with van der Waals surface area (Å²) in [5.41, 5.74) is 2.18. The second-order valence-electron chi connectivity index (χ2n) is 5.94. The third-order valence-corrected chi connectivity index (χ3v) is 4.40. The highest BCUT2D eigenvalue weighted by molar-refractivity contribution is 6.05. The van der Waals surface area contributed by atoms with Crippen molar-refractivity contribution in [3.8, 4) is 0 Å². The molecule has 1 heterocycles. The van der Waals surface area contributed by atoms with Crippen molar-refractivity contribution in [2.45, 2.75) is 20.4 Å². The van der Waals surface area contributed by atoms with Gasteiger partial charge in [0.05, 0.1) is 19.8 Å². The molecule has 0 N–H and O–H groups in total. The Labute approximate surface area is 160 Å². The summed E-state index contributed by atoms with van der Waals surface area (Å²) in [7, 11) is 2.57. The second kappa shape index (κ2) is 9.73. The third kappa shape index (κ3) is 4.86. The topological polar surface area (TPSA) is 59.1 Å². The molecule has 1 aromatic rings. The fourth-order valence-corrected chi connectivity index (χ4v) is 2.83. The molecule has 0 bridgehead atoms. The highest BCUT2D eigenvalue weighted by Gasteiger charge is 2.27. The summed E-state index contributed by atoms with van der Waals surface area (Å²) >= 11 is 0. The molecule has 0 saturated carbocycles. The van der Waals surface area contributed by atoms with Crippen LogP contribution in [0.4, 0.5) is 5.69 Å². The summed E-state index contributed by atoms with van der Waals surface area (Å²) in [5.74, 6) is -1.21. The van der Waals surface area contributed by atoms with Gasteiger partial charge in [-0.3, -0.25) is 4.90 Å². The zero-order valence-electron chi connectivity index (χ0n) is 16.3. The van der Waals surface area contributed by atoms with E-state index < -0.39 is 11.9 Å². The van der Waals surface area contributed by atoms with Gasteiger partial charge < -0.3 is 14.4 Å². The molecule has 0 aliphatic carbocycles. The van der Waals surface area contributed by atoms with Crippen LogP contribution in [-0.4, -0.2) is 44.1 Å². The number of carbonyl (C=O) groups is 2. The summed E-state index contributed by atoms with van der Waals surface area (Å²) in [5, 5.41) is 0. The Kier molecular flexibility index (Phi) is 7.37. The first-order valence-corrected chi connectivity index (χ1v) is 8.91. The molecule has 0 atom stereocenters. The quantitative estimate of drug-likeness (QED) is 0.688. The second-order valence-corrected chi connectivity index (χ2v) is 5.94. The minimum atomic E-state index is -0.612. The summed E-state index contributed by atoms with van der Waals surface area (Å²) in [6.45, 7) is 7.09. The Morgan fingerprint density at radius 1 is 0.963 bits per heavy atom. The van der Waals surface area contributed by atoms with E-state index in [9.17, 15) is 9.59 Å². The van der Waals surface area contributed by atoms with E-state index in [4.69, 9.17) is 9.47 Å². The van der Waals surface area contributed by atoms with Crippen LogP contribution < -0.4 is 4.90 Å². The highest BCUT2D eigenvalue weighted by Crippen LogP contribution is 2.26. The lowest BCUT2D eigenvalue weighted by atomic mass is 10.1. The Bertz CT molecular complexity index is 759. The van der Waals surface area contributed by atoms with Gasteiger partial charge in [-0.15, -0.1) is 0 Å². The molecule has 6 heteroatoms. The van der Waals surface area contributed by atoms with Gasteiger partial charge in [0.25, 0.3) is 0 Å². The van der Waals surface area contributed by atoms with E-state index in [-0.39, 0.29) is 11.3 Å². The molecular formula is C21H26N2O4. The van der Waals surface area contributed by atoms with Gasteiger partial charge in [-0.1, -0.05) is 32.1 Å². The van der Waals surface area contributed by atoms with E-state index in [0.29, 0.717) is 0 Å². The van der Waals surface area contributed by atoms with E-state index in [1.54, 1.807) is 29.3 Å². The van der Waals surface area contributed by atoms with Crippen LogP contribution in [0.2, 0.25) is 0 Å². The van der Waals surface area contributed by atoms with Gasteiger partial charge in [-0.05, 0) is 42.9 Å². The average Bonchev–Trinajstić information content (AvgIpc) is 2.94. The number of allylic oxidation sites excluding steroid dienone is 2. The molecule has 1 aliphatic rings. The first kappa shape index (κ1) is 20.5. The first-order valence-electron chi connectivity index (χ1n) is 8.91. The Hall–Kier alpha value is -2.86. The first-order chi connectivity index (χ1) is 13.0. The van der Waals surface area contributed by atoms with E-state index in [0.717, 1.165) is 25.3 Å².